The van der Waals surface area contributed by atoms with Gasteiger partial charge in [0.1, 0.15) is 4.75 Å². The smallest absolute Gasteiger partial charge is 0.352 e. The van der Waals surface area contributed by atoms with Crippen LogP contribution >= 0.6 is 0 Å². The fourth-order valence-electron chi connectivity index (χ4n) is 2.64. The highest BCUT2D eigenvalue weighted by molar-refractivity contribution is 7.93. The first-order valence-corrected chi connectivity index (χ1v) is 9.71. The fourth-order valence-corrected chi connectivity index (χ4v) is 4.02. The van der Waals surface area contributed by atoms with Crippen LogP contribution in [-0.4, -0.2) is 37.0 Å². The molecule has 0 aliphatic heterocycles. The second-order valence-corrected chi connectivity index (χ2v) is 9.37. The van der Waals surface area contributed by atoms with Crippen molar-refractivity contribution < 1.29 is 26.4 Å². The lowest BCUT2D eigenvalue weighted by Crippen LogP contribution is -2.51. The summed E-state index contributed by atoms with van der Waals surface area (Å²) in [6.45, 7) is 2.53. The zero-order chi connectivity index (χ0) is 17.7. The molecule has 1 amide bonds. The van der Waals surface area contributed by atoms with Crippen molar-refractivity contribution in [1.29, 1.82) is 0 Å². The highest BCUT2D eigenvalue weighted by atomic mass is 32.2. The largest absolute Gasteiger partial charge is 0.389 e. The summed E-state index contributed by atoms with van der Waals surface area (Å²) >= 11 is 0. The number of sulfone groups is 1. The lowest BCUT2D eigenvalue weighted by Gasteiger charge is -2.27. The van der Waals surface area contributed by atoms with E-state index in [1.165, 1.54) is 13.8 Å². The van der Waals surface area contributed by atoms with Crippen molar-refractivity contribution in [2.24, 2.45) is 0 Å². The van der Waals surface area contributed by atoms with E-state index in [9.17, 15) is 26.4 Å². The molecular weight excluding hydrogens is 331 g/mol. The summed E-state index contributed by atoms with van der Waals surface area (Å²) in [7, 11) is -3.95. The van der Waals surface area contributed by atoms with Gasteiger partial charge >= 0.3 is 6.18 Å². The van der Waals surface area contributed by atoms with Crippen molar-refractivity contribution in [3.8, 4) is 0 Å². The maximum atomic E-state index is 12.3. The number of rotatable bonds is 6. The SMILES string of the molecule is CC(C)(C(=O)NC1CCCCCC1)S(=O)(=O)CCCC(F)(F)F. The van der Waals surface area contributed by atoms with E-state index < -0.39 is 45.3 Å². The number of hydrogen-bond acceptors (Lipinski definition) is 3. The van der Waals surface area contributed by atoms with Gasteiger partial charge in [0.25, 0.3) is 0 Å². The minimum absolute atomic E-state index is 0.0466. The van der Waals surface area contributed by atoms with Gasteiger partial charge in [0.2, 0.25) is 5.91 Å². The highest BCUT2D eigenvalue weighted by Gasteiger charge is 2.42. The van der Waals surface area contributed by atoms with Gasteiger partial charge in [-0.1, -0.05) is 25.7 Å². The predicted molar refractivity (Wildman–Crippen MR) is 82.8 cm³/mol. The molecule has 0 heterocycles. The van der Waals surface area contributed by atoms with Crippen molar-refractivity contribution in [2.45, 2.75) is 82.2 Å². The first kappa shape index (κ1) is 20.3. The molecule has 0 atom stereocenters. The van der Waals surface area contributed by atoms with Crippen LogP contribution in [0.4, 0.5) is 13.2 Å². The standard InChI is InChI=1S/C15H26F3NO3S/c1-14(2,23(21,22)11-7-10-15(16,17)18)13(20)19-12-8-5-3-4-6-9-12/h12H,3-11H2,1-2H3,(H,19,20). The summed E-state index contributed by atoms with van der Waals surface area (Å²) in [5, 5.41) is 2.77. The van der Waals surface area contributed by atoms with Crippen LogP contribution in [0.15, 0.2) is 0 Å². The molecule has 1 saturated carbocycles. The Morgan fingerprint density at radius 3 is 2.09 bits per heavy atom. The number of carbonyl (C=O) groups excluding carboxylic acids is 1. The lowest BCUT2D eigenvalue weighted by molar-refractivity contribution is -0.134. The fraction of sp³-hybridized carbons (Fsp3) is 0.933. The molecule has 0 saturated heterocycles. The molecule has 1 rings (SSSR count). The predicted octanol–water partition coefficient (Wildman–Crippen LogP) is 3.36. The van der Waals surface area contributed by atoms with Gasteiger partial charge in [-0.2, -0.15) is 13.2 Å². The van der Waals surface area contributed by atoms with E-state index in [0.29, 0.717) is 0 Å². The van der Waals surface area contributed by atoms with Crippen LogP contribution in [-0.2, 0) is 14.6 Å². The Labute approximate surface area is 136 Å². The van der Waals surface area contributed by atoms with Gasteiger partial charge in [0.15, 0.2) is 9.84 Å². The summed E-state index contributed by atoms with van der Waals surface area (Å²) < 4.78 is 59.3. The zero-order valence-electron chi connectivity index (χ0n) is 13.7. The molecule has 136 valence electrons. The van der Waals surface area contributed by atoms with Crippen LogP contribution < -0.4 is 5.32 Å². The maximum absolute atomic E-state index is 12.3. The second kappa shape index (κ2) is 7.85. The number of alkyl halides is 3. The van der Waals surface area contributed by atoms with Crippen LogP contribution in [0.1, 0.15) is 65.2 Å². The highest BCUT2D eigenvalue weighted by Crippen LogP contribution is 2.25. The van der Waals surface area contributed by atoms with E-state index in [1.807, 2.05) is 0 Å². The Balaban J connectivity index is 2.64. The van der Waals surface area contributed by atoms with Gasteiger partial charge in [-0.15, -0.1) is 0 Å². The third-order valence-electron chi connectivity index (χ3n) is 4.39. The first-order valence-electron chi connectivity index (χ1n) is 8.06. The third-order valence-corrected chi connectivity index (χ3v) is 6.95. The van der Waals surface area contributed by atoms with Crippen molar-refractivity contribution >= 4 is 15.7 Å². The van der Waals surface area contributed by atoms with Gasteiger partial charge in [-0.05, 0) is 33.1 Å². The maximum Gasteiger partial charge on any atom is 0.389 e. The number of amides is 1. The Hall–Kier alpha value is -0.790. The number of hydrogen-bond donors (Lipinski definition) is 1. The number of halogens is 3. The van der Waals surface area contributed by atoms with Gasteiger partial charge in [0.05, 0.1) is 5.75 Å². The van der Waals surface area contributed by atoms with E-state index in [1.54, 1.807) is 0 Å². The topological polar surface area (TPSA) is 63.2 Å². The van der Waals surface area contributed by atoms with E-state index >= 15 is 0 Å². The average Bonchev–Trinajstić information content (AvgIpc) is 2.65. The zero-order valence-corrected chi connectivity index (χ0v) is 14.5. The lowest BCUT2D eigenvalue weighted by atomic mass is 10.1. The summed E-state index contributed by atoms with van der Waals surface area (Å²) in [5.41, 5.74) is 0. The monoisotopic (exact) mass is 357 g/mol. The van der Waals surface area contributed by atoms with Crippen LogP contribution in [0.5, 0.6) is 0 Å². The van der Waals surface area contributed by atoms with Crippen LogP contribution in [0, 0.1) is 0 Å². The van der Waals surface area contributed by atoms with E-state index in [2.05, 4.69) is 5.32 Å². The van der Waals surface area contributed by atoms with Gasteiger partial charge in [-0.25, -0.2) is 8.42 Å². The van der Waals surface area contributed by atoms with E-state index in [4.69, 9.17) is 0 Å². The van der Waals surface area contributed by atoms with Crippen LogP contribution in [0.25, 0.3) is 0 Å². The Morgan fingerprint density at radius 2 is 1.61 bits per heavy atom. The van der Waals surface area contributed by atoms with E-state index in [-0.39, 0.29) is 6.04 Å². The molecule has 1 aliphatic carbocycles. The van der Waals surface area contributed by atoms with Crippen molar-refractivity contribution in [2.75, 3.05) is 5.75 Å². The third kappa shape index (κ3) is 6.31. The molecule has 4 nitrogen and oxygen atoms in total. The number of carbonyl (C=O) groups is 1. The molecule has 8 heteroatoms. The normalized spacial score (nSPS) is 18.5. The summed E-state index contributed by atoms with van der Waals surface area (Å²) in [4.78, 5) is 12.3. The molecule has 0 aromatic heterocycles. The molecule has 0 spiro atoms. The minimum Gasteiger partial charge on any atom is -0.352 e. The summed E-state index contributed by atoms with van der Waals surface area (Å²) in [6, 6.07) is -0.0466. The molecule has 1 aliphatic rings. The van der Waals surface area contributed by atoms with Crippen molar-refractivity contribution in [3.63, 3.8) is 0 Å². The summed E-state index contributed by atoms with van der Waals surface area (Å²) in [6.07, 6.45) is -0.253. The molecule has 0 aromatic rings. The molecule has 0 aromatic carbocycles. The molecule has 0 unspecified atom stereocenters. The van der Waals surface area contributed by atoms with Gasteiger partial charge in [-0.3, -0.25) is 4.79 Å². The molecule has 0 radical (unpaired) electrons. The number of nitrogens with one attached hydrogen (secondary N) is 1. The van der Waals surface area contributed by atoms with Gasteiger partial charge < -0.3 is 5.32 Å². The minimum atomic E-state index is -4.39. The molecular formula is C15H26F3NO3S. The Kier molecular flexibility index (Phi) is 6.92. The Morgan fingerprint density at radius 1 is 1.09 bits per heavy atom. The average molecular weight is 357 g/mol. The Bertz CT molecular complexity index is 493. The van der Waals surface area contributed by atoms with Crippen molar-refractivity contribution in [1.82, 2.24) is 5.32 Å². The first-order chi connectivity index (χ1) is 10.5. The molecule has 23 heavy (non-hydrogen) atoms. The molecule has 1 fully saturated rings. The van der Waals surface area contributed by atoms with Crippen LogP contribution in [0.3, 0.4) is 0 Å². The molecule has 1 N–H and O–H groups in total. The van der Waals surface area contributed by atoms with Crippen molar-refractivity contribution in [3.05, 3.63) is 0 Å². The van der Waals surface area contributed by atoms with E-state index in [0.717, 1.165) is 38.5 Å². The quantitative estimate of drug-likeness (QED) is 0.742. The van der Waals surface area contributed by atoms with Gasteiger partial charge in [0, 0.05) is 12.5 Å². The summed E-state index contributed by atoms with van der Waals surface area (Å²) in [5.74, 6) is -1.26. The molecule has 0 bridgehead atoms. The van der Waals surface area contributed by atoms with Crippen LogP contribution in [0.2, 0.25) is 0 Å². The second-order valence-electron chi connectivity index (χ2n) is 6.71.